The van der Waals surface area contributed by atoms with Crippen molar-refractivity contribution in [3.8, 4) is 0 Å². The van der Waals surface area contributed by atoms with Gasteiger partial charge in [0.15, 0.2) is 5.82 Å². The molecule has 0 atom stereocenters. The fourth-order valence-electron chi connectivity index (χ4n) is 2.34. The number of anilines is 2. The maximum Gasteiger partial charge on any atom is 0.390 e. The van der Waals surface area contributed by atoms with Crippen molar-refractivity contribution in [3.63, 3.8) is 0 Å². The molecule has 0 unspecified atom stereocenters. The lowest BCUT2D eigenvalue weighted by molar-refractivity contribution is -0.130. The number of aromatic nitrogens is 2. The van der Waals surface area contributed by atoms with Gasteiger partial charge in [0.25, 0.3) is 0 Å². The maximum absolute atomic E-state index is 12.2. The first-order valence-corrected chi connectivity index (χ1v) is 9.19. The van der Waals surface area contributed by atoms with Crippen LogP contribution >= 0.6 is 0 Å². The van der Waals surface area contributed by atoms with E-state index < -0.39 is 28.4 Å². The van der Waals surface area contributed by atoms with Gasteiger partial charge in [-0.3, -0.25) is 0 Å². The van der Waals surface area contributed by atoms with E-state index in [2.05, 4.69) is 15.5 Å². The van der Waals surface area contributed by atoms with E-state index in [0.717, 1.165) is 10.8 Å². The molecular weight excluding hydrogens is 347 g/mol. The first kappa shape index (κ1) is 18.7. The molecular formula is C13H20F3N5O2S. The quantitative estimate of drug-likeness (QED) is 0.817. The van der Waals surface area contributed by atoms with E-state index in [9.17, 15) is 21.6 Å². The van der Waals surface area contributed by atoms with Crippen LogP contribution in [0.2, 0.25) is 0 Å². The Kier molecular flexibility index (Phi) is 5.86. The van der Waals surface area contributed by atoms with Crippen LogP contribution in [0, 0.1) is 0 Å². The van der Waals surface area contributed by atoms with Crippen molar-refractivity contribution in [2.24, 2.45) is 0 Å². The van der Waals surface area contributed by atoms with Gasteiger partial charge in [0.05, 0.1) is 12.2 Å². The summed E-state index contributed by atoms with van der Waals surface area (Å²) >= 11 is 0. The third-order valence-electron chi connectivity index (χ3n) is 3.61. The molecule has 7 nitrogen and oxygen atoms in total. The summed E-state index contributed by atoms with van der Waals surface area (Å²) in [4.78, 5) is 1.86. The minimum Gasteiger partial charge on any atom is -0.369 e. The summed E-state index contributed by atoms with van der Waals surface area (Å²) < 4.78 is 61.7. The summed E-state index contributed by atoms with van der Waals surface area (Å²) in [5.41, 5.74) is 0. The van der Waals surface area contributed by atoms with Crippen molar-refractivity contribution >= 4 is 21.7 Å². The second-order valence-electron chi connectivity index (χ2n) is 5.37. The lowest BCUT2D eigenvalue weighted by Gasteiger charge is -2.34. The number of sulfonamides is 1. The van der Waals surface area contributed by atoms with Crippen LogP contribution in [-0.2, 0) is 10.0 Å². The smallest absolute Gasteiger partial charge is 0.369 e. The predicted molar refractivity (Wildman–Crippen MR) is 84.4 cm³/mol. The number of nitrogens with zero attached hydrogens (tertiary/aromatic N) is 4. The average Bonchev–Trinajstić information content (AvgIpc) is 2.54. The number of rotatable bonds is 6. The summed E-state index contributed by atoms with van der Waals surface area (Å²) in [6.45, 7) is 3.66. The molecule has 0 spiro atoms. The highest BCUT2D eigenvalue weighted by Gasteiger charge is 2.33. The Balaban J connectivity index is 1.90. The Morgan fingerprint density at radius 1 is 1.17 bits per heavy atom. The molecule has 24 heavy (non-hydrogen) atoms. The van der Waals surface area contributed by atoms with Crippen LogP contribution in [-0.4, -0.2) is 67.6 Å². The third-order valence-corrected chi connectivity index (χ3v) is 5.48. The lowest BCUT2D eigenvalue weighted by atomic mass is 10.3. The molecule has 136 valence electrons. The number of hydrogen-bond acceptors (Lipinski definition) is 6. The molecule has 0 aromatic carbocycles. The van der Waals surface area contributed by atoms with Crippen LogP contribution in [0.3, 0.4) is 0 Å². The van der Waals surface area contributed by atoms with E-state index in [1.807, 2.05) is 11.8 Å². The summed E-state index contributed by atoms with van der Waals surface area (Å²) in [7, 11) is -3.90. The molecule has 1 aliphatic rings. The highest BCUT2D eigenvalue weighted by Crippen LogP contribution is 2.22. The van der Waals surface area contributed by atoms with Crippen LogP contribution in [0.15, 0.2) is 12.1 Å². The summed E-state index contributed by atoms with van der Waals surface area (Å²) in [6.07, 6.45) is -5.80. The maximum atomic E-state index is 12.2. The van der Waals surface area contributed by atoms with Crippen molar-refractivity contribution in [1.82, 2.24) is 14.5 Å². The Morgan fingerprint density at radius 3 is 2.33 bits per heavy atom. The van der Waals surface area contributed by atoms with E-state index >= 15 is 0 Å². The molecule has 1 N–H and O–H groups in total. The Hall–Kier alpha value is -1.62. The van der Waals surface area contributed by atoms with Gasteiger partial charge in [-0.2, -0.15) is 17.5 Å². The van der Waals surface area contributed by atoms with Crippen molar-refractivity contribution < 1.29 is 21.6 Å². The van der Waals surface area contributed by atoms with Gasteiger partial charge < -0.3 is 10.2 Å². The van der Waals surface area contributed by atoms with E-state index in [1.165, 1.54) is 0 Å². The standard InChI is InChI=1S/C13H20F3N5O2S/c1-2-17-11-3-4-12(19-18-11)20-6-8-21(9-7-20)24(22,23)10-5-13(14,15)16/h3-4H,2,5-10H2,1H3,(H,17,18). The molecule has 1 fully saturated rings. The normalized spacial score (nSPS) is 17.1. The van der Waals surface area contributed by atoms with Crippen LogP contribution in [0.1, 0.15) is 13.3 Å². The largest absolute Gasteiger partial charge is 0.390 e. The zero-order valence-electron chi connectivity index (χ0n) is 13.3. The van der Waals surface area contributed by atoms with Gasteiger partial charge in [-0.15, -0.1) is 10.2 Å². The first-order chi connectivity index (χ1) is 11.2. The molecule has 2 heterocycles. The molecule has 11 heteroatoms. The molecule has 1 saturated heterocycles. The third kappa shape index (κ3) is 5.20. The molecule has 0 amide bonds. The number of alkyl halides is 3. The molecule has 0 saturated carbocycles. The van der Waals surface area contributed by atoms with Gasteiger partial charge in [-0.05, 0) is 19.1 Å². The topological polar surface area (TPSA) is 78.4 Å². The molecule has 1 aromatic rings. The first-order valence-electron chi connectivity index (χ1n) is 7.58. The monoisotopic (exact) mass is 367 g/mol. The highest BCUT2D eigenvalue weighted by atomic mass is 32.2. The summed E-state index contributed by atoms with van der Waals surface area (Å²) in [5, 5.41) is 11.1. The molecule has 0 radical (unpaired) electrons. The SMILES string of the molecule is CCNc1ccc(N2CCN(S(=O)(=O)CCC(F)(F)F)CC2)nn1. The Morgan fingerprint density at radius 2 is 1.83 bits per heavy atom. The van der Waals surface area contributed by atoms with Crippen LogP contribution in [0.4, 0.5) is 24.8 Å². The fraction of sp³-hybridized carbons (Fsp3) is 0.692. The van der Waals surface area contributed by atoms with Crippen molar-refractivity contribution in [2.75, 3.05) is 48.7 Å². The van der Waals surface area contributed by atoms with Crippen molar-refractivity contribution in [3.05, 3.63) is 12.1 Å². The fourth-order valence-corrected chi connectivity index (χ4v) is 3.81. The van der Waals surface area contributed by atoms with Crippen LogP contribution < -0.4 is 10.2 Å². The molecule has 2 rings (SSSR count). The Labute approximate surface area is 138 Å². The van der Waals surface area contributed by atoms with Gasteiger partial charge in [-0.1, -0.05) is 0 Å². The van der Waals surface area contributed by atoms with Gasteiger partial charge in [0.2, 0.25) is 10.0 Å². The zero-order valence-corrected chi connectivity index (χ0v) is 14.1. The van der Waals surface area contributed by atoms with Gasteiger partial charge in [0, 0.05) is 32.7 Å². The lowest BCUT2D eigenvalue weighted by Crippen LogP contribution is -2.49. The average molecular weight is 367 g/mol. The highest BCUT2D eigenvalue weighted by molar-refractivity contribution is 7.89. The van der Waals surface area contributed by atoms with Crippen LogP contribution in [0.5, 0.6) is 0 Å². The number of halogens is 3. The van der Waals surface area contributed by atoms with E-state index in [1.54, 1.807) is 12.1 Å². The van der Waals surface area contributed by atoms with Gasteiger partial charge >= 0.3 is 6.18 Å². The molecule has 0 bridgehead atoms. The molecule has 0 aliphatic carbocycles. The van der Waals surface area contributed by atoms with Crippen molar-refractivity contribution in [1.29, 1.82) is 0 Å². The second-order valence-corrected chi connectivity index (χ2v) is 7.46. The molecule has 1 aliphatic heterocycles. The van der Waals surface area contributed by atoms with E-state index in [-0.39, 0.29) is 13.1 Å². The minimum atomic E-state index is -4.47. The number of nitrogens with one attached hydrogen (secondary N) is 1. The van der Waals surface area contributed by atoms with Crippen molar-refractivity contribution in [2.45, 2.75) is 19.5 Å². The second kappa shape index (κ2) is 7.51. The van der Waals surface area contributed by atoms with Gasteiger partial charge in [0.1, 0.15) is 5.82 Å². The van der Waals surface area contributed by atoms with Gasteiger partial charge in [-0.25, -0.2) is 8.42 Å². The number of piperazine rings is 1. The van der Waals surface area contributed by atoms with Crippen LogP contribution in [0.25, 0.3) is 0 Å². The molecule has 1 aromatic heterocycles. The van der Waals surface area contributed by atoms with E-state index in [0.29, 0.717) is 24.7 Å². The summed E-state index contributed by atoms with van der Waals surface area (Å²) in [6, 6.07) is 3.55. The van der Waals surface area contributed by atoms with E-state index in [4.69, 9.17) is 0 Å². The minimum absolute atomic E-state index is 0.136. The Bertz CT molecular complexity index is 628. The predicted octanol–water partition coefficient (Wildman–Crippen LogP) is 1.31. The number of hydrogen-bond donors (Lipinski definition) is 1. The summed E-state index contributed by atoms with van der Waals surface area (Å²) in [5.74, 6) is 0.354. The zero-order chi connectivity index (χ0) is 17.8.